The minimum atomic E-state index is -0.404. The Morgan fingerprint density at radius 2 is 1.67 bits per heavy atom. The zero-order valence-corrected chi connectivity index (χ0v) is 15.7. The summed E-state index contributed by atoms with van der Waals surface area (Å²) in [5.74, 6) is 0.831. The first-order chi connectivity index (χ1) is 11.4. The second-order valence-corrected chi connectivity index (χ2v) is 8.08. The summed E-state index contributed by atoms with van der Waals surface area (Å²) in [4.78, 5) is 16.2. The maximum Gasteiger partial charge on any atom is 0.225 e. The Morgan fingerprint density at radius 1 is 1.04 bits per heavy atom. The van der Waals surface area contributed by atoms with Gasteiger partial charge < -0.3 is 10.0 Å². The molecule has 0 saturated carbocycles. The zero-order chi connectivity index (χ0) is 17.3. The predicted molar refractivity (Wildman–Crippen MR) is 98.9 cm³/mol. The fraction of sp³-hybridized carbons (Fsp3) is 0.556. The average Bonchev–Trinajstić information content (AvgIpc) is 2.86. The molecule has 1 aliphatic rings. The highest BCUT2D eigenvalue weighted by atomic mass is 32.1. The van der Waals surface area contributed by atoms with Crippen molar-refractivity contribution in [1.29, 1.82) is 0 Å². The van der Waals surface area contributed by atoms with Crippen molar-refractivity contribution in [3.05, 3.63) is 38.8 Å². The molecule has 6 heteroatoms. The average molecular weight is 347 g/mol. The molecule has 0 amide bonds. The Hall–Kier alpha value is -1.50. The highest BCUT2D eigenvalue weighted by Crippen LogP contribution is 2.27. The van der Waals surface area contributed by atoms with Crippen LogP contribution in [0.5, 0.6) is 0 Å². The van der Waals surface area contributed by atoms with Gasteiger partial charge in [0.15, 0.2) is 0 Å². The molecule has 5 nitrogen and oxygen atoms in total. The first kappa shape index (κ1) is 17.3. The van der Waals surface area contributed by atoms with Crippen molar-refractivity contribution >= 4 is 17.3 Å². The van der Waals surface area contributed by atoms with Crippen molar-refractivity contribution < 1.29 is 5.11 Å². The fourth-order valence-electron chi connectivity index (χ4n) is 3.30. The number of nitrogens with zero attached hydrogens (tertiary/aromatic N) is 4. The number of β-amino-alcohol motifs (C(OH)–C–C–N with tert-alkyl or cyclic N) is 1. The maximum atomic E-state index is 10.5. The Balaban J connectivity index is 1.58. The number of rotatable bonds is 4. The number of hydrogen-bond donors (Lipinski definition) is 1. The van der Waals surface area contributed by atoms with E-state index in [9.17, 15) is 5.11 Å². The van der Waals surface area contributed by atoms with Gasteiger partial charge in [-0.25, -0.2) is 9.97 Å². The first-order valence-corrected chi connectivity index (χ1v) is 9.28. The molecule has 0 aliphatic carbocycles. The first-order valence-electron chi connectivity index (χ1n) is 8.47. The van der Waals surface area contributed by atoms with Gasteiger partial charge in [-0.1, -0.05) is 0 Å². The van der Waals surface area contributed by atoms with Crippen molar-refractivity contribution in [3.63, 3.8) is 0 Å². The Bertz CT molecular complexity index is 687. The summed E-state index contributed by atoms with van der Waals surface area (Å²) >= 11 is 1.76. The van der Waals surface area contributed by atoms with Crippen LogP contribution in [-0.2, 0) is 0 Å². The van der Waals surface area contributed by atoms with E-state index in [1.54, 1.807) is 11.3 Å². The highest BCUT2D eigenvalue weighted by Gasteiger charge is 2.22. The van der Waals surface area contributed by atoms with Crippen LogP contribution in [0.4, 0.5) is 5.95 Å². The van der Waals surface area contributed by atoms with Crippen molar-refractivity contribution in [2.75, 3.05) is 37.6 Å². The summed E-state index contributed by atoms with van der Waals surface area (Å²) in [6, 6.07) is 4.12. The van der Waals surface area contributed by atoms with Crippen LogP contribution in [0.25, 0.3) is 0 Å². The van der Waals surface area contributed by atoms with Gasteiger partial charge in [0.25, 0.3) is 0 Å². The Morgan fingerprint density at radius 3 is 2.21 bits per heavy atom. The van der Waals surface area contributed by atoms with E-state index in [1.165, 1.54) is 9.75 Å². The van der Waals surface area contributed by atoms with Crippen molar-refractivity contribution in [3.8, 4) is 0 Å². The molecule has 3 rings (SSSR count). The molecule has 1 atom stereocenters. The molecule has 0 bridgehead atoms. The molecule has 3 heterocycles. The largest absolute Gasteiger partial charge is 0.387 e. The van der Waals surface area contributed by atoms with Gasteiger partial charge in [0, 0.05) is 53.9 Å². The fourth-order valence-corrected chi connectivity index (χ4v) is 4.29. The van der Waals surface area contributed by atoms with E-state index < -0.39 is 6.10 Å². The molecule has 1 fully saturated rings. The van der Waals surface area contributed by atoms with E-state index in [1.807, 2.05) is 19.9 Å². The minimum Gasteiger partial charge on any atom is -0.387 e. The number of anilines is 1. The zero-order valence-electron chi connectivity index (χ0n) is 14.9. The van der Waals surface area contributed by atoms with Crippen LogP contribution < -0.4 is 4.90 Å². The second-order valence-electron chi connectivity index (χ2n) is 6.62. The molecule has 1 aliphatic heterocycles. The summed E-state index contributed by atoms with van der Waals surface area (Å²) in [5.41, 5.74) is 3.11. The smallest absolute Gasteiger partial charge is 0.225 e. The molecule has 130 valence electrons. The second kappa shape index (κ2) is 7.17. The van der Waals surface area contributed by atoms with Gasteiger partial charge in [-0.15, -0.1) is 11.3 Å². The number of piperazine rings is 1. The van der Waals surface area contributed by atoms with Gasteiger partial charge in [-0.3, -0.25) is 4.90 Å². The Labute approximate surface area is 148 Å². The number of aryl methyl sites for hydroxylation is 4. The lowest BCUT2D eigenvalue weighted by Crippen LogP contribution is -2.48. The van der Waals surface area contributed by atoms with Crippen LogP contribution in [0.2, 0.25) is 0 Å². The van der Waals surface area contributed by atoms with Crippen molar-refractivity contribution in [2.45, 2.75) is 33.8 Å². The molecule has 0 spiro atoms. The predicted octanol–water partition coefficient (Wildman–Crippen LogP) is 2.63. The van der Waals surface area contributed by atoms with Crippen molar-refractivity contribution in [2.24, 2.45) is 0 Å². The molecular formula is C18H26N4OS. The highest BCUT2D eigenvalue weighted by molar-refractivity contribution is 7.12. The SMILES string of the molecule is Cc1cc(C)nc(N2CCN(C[C@H](O)c3cc(C)sc3C)CC2)n1. The molecule has 0 aromatic carbocycles. The summed E-state index contributed by atoms with van der Waals surface area (Å²) in [7, 11) is 0. The van der Waals surface area contributed by atoms with E-state index in [4.69, 9.17) is 0 Å². The summed E-state index contributed by atoms with van der Waals surface area (Å²) < 4.78 is 0. The van der Waals surface area contributed by atoms with Crippen LogP contribution in [0.1, 0.15) is 32.8 Å². The van der Waals surface area contributed by atoms with Crippen LogP contribution in [0, 0.1) is 27.7 Å². The van der Waals surface area contributed by atoms with E-state index in [2.05, 4.69) is 39.7 Å². The lowest BCUT2D eigenvalue weighted by molar-refractivity contribution is 0.109. The topological polar surface area (TPSA) is 52.5 Å². The van der Waals surface area contributed by atoms with Gasteiger partial charge in [-0.2, -0.15) is 0 Å². The molecule has 1 saturated heterocycles. The number of aliphatic hydroxyl groups is 1. The van der Waals surface area contributed by atoms with Gasteiger partial charge in [0.2, 0.25) is 5.95 Å². The minimum absolute atomic E-state index is 0.404. The maximum absolute atomic E-state index is 10.5. The molecule has 24 heavy (non-hydrogen) atoms. The van der Waals surface area contributed by atoms with Crippen LogP contribution in [-0.4, -0.2) is 52.7 Å². The van der Waals surface area contributed by atoms with Gasteiger partial charge in [0.1, 0.15) is 0 Å². The van der Waals surface area contributed by atoms with Crippen molar-refractivity contribution in [1.82, 2.24) is 14.9 Å². The number of thiophene rings is 1. The third-order valence-electron chi connectivity index (χ3n) is 4.50. The molecule has 0 radical (unpaired) electrons. The standard InChI is InChI=1S/C18H26N4OS/c1-12-9-13(2)20-18(19-12)22-7-5-21(6-8-22)11-17(23)16-10-14(3)24-15(16)4/h9-10,17,23H,5-8,11H2,1-4H3/t17-/m0/s1. The van der Waals surface area contributed by atoms with Crippen LogP contribution in [0.15, 0.2) is 12.1 Å². The lowest BCUT2D eigenvalue weighted by atomic mass is 10.1. The van der Waals surface area contributed by atoms with E-state index in [0.717, 1.165) is 49.1 Å². The molecular weight excluding hydrogens is 320 g/mol. The third kappa shape index (κ3) is 3.94. The van der Waals surface area contributed by atoms with Crippen LogP contribution >= 0.6 is 11.3 Å². The number of aromatic nitrogens is 2. The van der Waals surface area contributed by atoms with E-state index >= 15 is 0 Å². The number of aliphatic hydroxyl groups excluding tert-OH is 1. The van der Waals surface area contributed by atoms with E-state index in [0.29, 0.717) is 6.54 Å². The molecule has 2 aromatic heterocycles. The third-order valence-corrected chi connectivity index (χ3v) is 5.48. The summed E-state index contributed by atoms with van der Waals surface area (Å²) in [6.45, 7) is 12.5. The summed E-state index contributed by atoms with van der Waals surface area (Å²) in [6.07, 6.45) is -0.404. The molecule has 1 N–H and O–H groups in total. The quantitative estimate of drug-likeness (QED) is 0.922. The molecule has 0 unspecified atom stereocenters. The van der Waals surface area contributed by atoms with Gasteiger partial charge in [0.05, 0.1) is 6.10 Å². The normalized spacial score (nSPS) is 17.3. The van der Waals surface area contributed by atoms with E-state index in [-0.39, 0.29) is 0 Å². The number of hydrogen-bond acceptors (Lipinski definition) is 6. The lowest BCUT2D eigenvalue weighted by Gasteiger charge is -2.35. The van der Waals surface area contributed by atoms with Crippen LogP contribution in [0.3, 0.4) is 0 Å². The summed E-state index contributed by atoms with van der Waals surface area (Å²) in [5, 5.41) is 10.5. The van der Waals surface area contributed by atoms with Gasteiger partial charge in [-0.05, 0) is 45.4 Å². The molecule has 2 aromatic rings. The Kier molecular flexibility index (Phi) is 5.18. The van der Waals surface area contributed by atoms with Gasteiger partial charge >= 0.3 is 0 Å². The monoisotopic (exact) mass is 346 g/mol.